The first kappa shape index (κ1) is 14.0. The number of aromatic carboxylic acids is 1. The fourth-order valence-corrected chi connectivity index (χ4v) is 2.81. The van der Waals surface area contributed by atoms with Crippen molar-refractivity contribution in [2.45, 2.75) is 6.92 Å². The van der Waals surface area contributed by atoms with Crippen molar-refractivity contribution in [1.29, 1.82) is 0 Å². The molecule has 108 valence electrons. The highest BCUT2D eigenvalue weighted by Gasteiger charge is 2.28. The van der Waals surface area contributed by atoms with Gasteiger partial charge >= 0.3 is 5.97 Å². The van der Waals surface area contributed by atoms with Crippen molar-refractivity contribution < 1.29 is 14.7 Å². The van der Waals surface area contributed by atoms with Gasteiger partial charge in [-0.2, -0.15) is 0 Å². The molecule has 0 saturated heterocycles. The molecule has 0 atom stereocenters. The summed E-state index contributed by atoms with van der Waals surface area (Å²) in [5.74, 6) is -1.16. The maximum absolute atomic E-state index is 12.8. The number of fused-ring (bicyclic) bond motifs is 1. The lowest BCUT2D eigenvalue weighted by molar-refractivity contribution is 0.0697. The SMILES string of the molecule is Cc1c(C(=O)O)c2cccccc-2c1C(=O)c1ccccc1. The lowest BCUT2D eigenvalue weighted by atomic mass is 9.99. The van der Waals surface area contributed by atoms with E-state index in [0.717, 1.165) is 0 Å². The summed E-state index contributed by atoms with van der Waals surface area (Å²) in [6.07, 6.45) is 0. The fourth-order valence-electron chi connectivity index (χ4n) is 2.81. The van der Waals surface area contributed by atoms with Crippen LogP contribution in [0.5, 0.6) is 0 Å². The van der Waals surface area contributed by atoms with Crippen LogP contribution in [0.3, 0.4) is 0 Å². The molecule has 3 nitrogen and oxygen atoms in total. The van der Waals surface area contributed by atoms with E-state index in [-0.39, 0.29) is 11.3 Å². The molecule has 3 rings (SSSR count). The quantitative estimate of drug-likeness (QED) is 0.741. The molecule has 0 bridgehead atoms. The van der Waals surface area contributed by atoms with E-state index in [1.54, 1.807) is 49.4 Å². The van der Waals surface area contributed by atoms with Gasteiger partial charge in [-0.15, -0.1) is 0 Å². The number of carboxylic acid groups (broad SMARTS) is 1. The van der Waals surface area contributed by atoms with Crippen molar-refractivity contribution >= 4 is 11.8 Å². The number of hydrogen-bond donors (Lipinski definition) is 1. The zero-order valence-corrected chi connectivity index (χ0v) is 12.0. The Morgan fingerprint density at radius 3 is 1.82 bits per heavy atom. The number of carbonyl (C=O) groups excluding carboxylic acids is 1. The molecule has 3 heteroatoms. The highest BCUT2D eigenvalue weighted by Crippen LogP contribution is 2.37. The highest BCUT2D eigenvalue weighted by molar-refractivity contribution is 6.18. The number of ketones is 1. The van der Waals surface area contributed by atoms with Crippen molar-refractivity contribution in [2.24, 2.45) is 0 Å². The average Bonchev–Trinajstić information content (AvgIpc) is 2.65. The van der Waals surface area contributed by atoms with E-state index >= 15 is 0 Å². The third kappa shape index (κ3) is 2.17. The Morgan fingerprint density at radius 1 is 0.773 bits per heavy atom. The molecule has 22 heavy (non-hydrogen) atoms. The molecule has 0 saturated carbocycles. The standard InChI is InChI=1S/C19H14O3/c1-12-16(18(20)13-8-4-2-5-9-13)14-10-6-3-7-11-15(14)17(12)19(21)22/h2-11H,1H3,(H,21,22). The van der Waals surface area contributed by atoms with Crippen molar-refractivity contribution in [3.05, 3.63) is 82.9 Å². The number of rotatable bonds is 3. The van der Waals surface area contributed by atoms with Crippen molar-refractivity contribution in [2.75, 3.05) is 0 Å². The first-order valence-electron chi connectivity index (χ1n) is 6.95. The largest absolute Gasteiger partial charge is 0.478 e. The Kier molecular flexibility index (Phi) is 3.47. The topological polar surface area (TPSA) is 54.4 Å². The Labute approximate surface area is 128 Å². The maximum Gasteiger partial charge on any atom is 0.336 e. The molecule has 0 unspecified atom stereocenters. The maximum atomic E-state index is 12.8. The lowest BCUT2D eigenvalue weighted by Gasteiger charge is -2.03. The van der Waals surface area contributed by atoms with Crippen LogP contribution >= 0.6 is 0 Å². The molecule has 0 spiro atoms. The molecule has 0 amide bonds. The Hall–Kier alpha value is -2.94. The summed E-state index contributed by atoms with van der Waals surface area (Å²) in [5, 5.41) is 9.50. The van der Waals surface area contributed by atoms with Crippen molar-refractivity contribution in [1.82, 2.24) is 0 Å². The van der Waals surface area contributed by atoms with Gasteiger partial charge in [0.1, 0.15) is 0 Å². The van der Waals surface area contributed by atoms with Gasteiger partial charge in [0.2, 0.25) is 0 Å². The molecule has 1 aromatic rings. The average molecular weight is 290 g/mol. The minimum Gasteiger partial charge on any atom is -0.478 e. The summed E-state index contributed by atoms with van der Waals surface area (Å²) in [6.45, 7) is 1.69. The van der Waals surface area contributed by atoms with Crippen LogP contribution in [0.4, 0.5) is 0 Å². The third-order valence-electron chi connectivity index (χ3n) is 3.80. The van der Waals surface area contributed by atoms with Gasteiger partial charge in [0, 0.05) is 11.1 Å². The van der Waals surface area contributed by atoms with E-state index in [1.165, 1.54) is 0 Å². The second-order valence-corrected chi connectivity index (χ2v) is 5.11. The zero-order valence-electron chi connectivity index (χ0n) is 12.0. The molecule has 0 radical (unpaired) electrons. The van der Waals surface area contributed by atoms with Crippen LogP contribution in [-0.2, 0) is 0 Å². The predicted octanol–water partition coefficient (Wildman–Crippen LogP) is 4.03. The second kappa shape index (κ2) is 5.45. The molecular weight excluding hydrogens is 276 g/mol. The molecule has 2 aliphatic carbocycles. The fraction of sp³-hybridized carbons (Fsp3) is 0.0526. The van der Waals surface area contributed by atoms with Crippen LogP contribution in [-0.4, -0.2) is 16.9 Å². The Balaban J connectivity index is 2.30. The minimum atomic E-state index is -1.01. The third-order valence-corrected chi connectivity index (χ3v) is 3.80. The molecule has 0 heterocycles. The molecule has 1 N–H and O–H groups in total. The highest BCUT2D eigenvalue weighted by atomic mass is 16.4. The molecule has 0 fully saturated rings. The predicted molar refractivity (Wildman–Crippen MR) is 84.6 cm³/mol. The number of benzene rings is 1. The van der Waals surface area contributed by atoms with Crippen LogP contribution in [0.15, 0.2) is 60.7 Å². The minimum absolute atomic E-state index is 0.151. The van der Waals surface area contributed by atoms with Gasteiger partial charge in [-0.05, 0) is 23.6 Å². The second-order valence-electron chi connectivity index (χ2n) is 5.11. The summed E-state index contributed by atoms with van der Waals surface area (Å²) in [4.78, 5) is 24.4. The smallest absolute Gasteiger partial charge is 0.336 e. The van der Waals surface area contributed by atoms with E-state index in [1.807, 2.05) is 18.2 Å². The van der Waals surface area contributed by atoms with Gasteiger partial charge in [-0.1, -0.05) is 60.7 Å². The van der Waals surface area contributed by atoms with Crippen LogP contribution < -0.4 is 0 Å². The first-order chi connectivity index (χ1) is 10.6. The molecule has 0 aliphatic heterocycles. The molecule has 2 aliphatic rings. The van der Waals surface area contributed by atoms with Gasteiger partial charge in [0.25, 0.3) is 0 Å². The van der Waals surface area contributed by atoms with E-state index in [2.05, 4.69) is 0 Å². The number of hydrogen-bond acceptors (Lipinski definition) is 2. The summed E-state index contributed by atoms with van der Waals surface area (Å²) < 4.78 is 0. The van der Waals surface area contributed by atoms with Gasteiger partial charge in [-0.3, -0.25) is 4.79 Å². The van der Waals surface area contributed by atoms with Gasteiger partial charge in [-0.25, -0.2) is 4.79 Å². The van der Waals surface area contributed by atoms with E-state index in [4.69, 9.17) is 0 Å². The van der Waals surface area contributed by atoms with Gasteiger partial charge in [0.15, 0.2) is 5.78 Å². The van der Waals surface area contributed by atoms with Crippen molar-refractivity contribution in [3.8, 4) is 11.1 Å². The van der Waals surface area contributed by atoms with E-state index < -0.39 is 5.97 Å². The normalized spacial score (nSPS) is 10.6. The van der Waals surface area contributed by atoms with Crippen molar-refractivity contribution in [3.63, 3.8) is 0 Å². The molecule has 0 aromatic heterocycles. The summed E-state index contributed by atoms with van der Waals surface area (Å²) in [7, 11) is 0. The molecular formula is C19H14O3. The Morgan fingerprint density at radius 2 is 1.27 bits per heavy atom. The summed E-state index contributed by atoms with van der Waals surface area (Å²) in [5.41, 5.74) is 3.01. The number of carboxylic acids is 1. The number of carbonyl (C=O) groups is 2. The van der Waals surface area contributed by atoms with E-state index in [0.29, 0.717) is 27.8 Å². The Bertz CT molecular complexity index is 835. The monoisotopic (exact) mass is 290 g/mol. The van der Waals surface area contributed by atoms with Gasteiger partial charge in [0.05, 0.1) is 5.56 Å². The first-order valence-corrected chi connectivity index (χ1v) is 6.95. The molecule has 1 aromatic carbocycles. The van der Waals surface area contributed by atoms with E-state index in [9.17, 15) is 14.7 Å². The zero-order chi connectivity index (χ0) is 15.7. The van der Waals surface area contributed by atoms with Crippen LogP contribution in [0.25, 0.3) is 11.1 Å². The summed E-state index contributed by atoms with van der Waals surface area (Å²) >= 11 is 0. The van der Waals surface area contributed by atoms with Crippen LogP contribution in [0.1, 0.15) is 31.8 Å². The lowest BCUT2D eigenvalue weighted by Crippen LogP contribution is -2.03. The van der Waals surface area contributed by atoms with Crippen LogP contribution in [0, 0.1) is 6.92 Å². The van der Waals surface area contributed by atoms with Crippen LogP contribution in [0.2, 0.25) is 0 Å². The van der Waals surface area contributed by atoms with Gasteiger partial charge < -0.3 is 5.11 Å². The summed E-state index contributed by atoms with van der Waals surface area (Å²) in [6, 6.07) is 17.9.